The molecular formula is C6Br4S2. The minimum absolute atomic E-state index is 1.14. The molecule has 64 valence electrons. The van der Waals surface area contributed by atoms with Crippen LogP contribution in [-0.4, -0.2) is 0 Å². The maximum absolute atomic E-state index is 3.53. The Morgan fingerprint density at radius 2 is 1.42 bits per heavy atom. The SMILES string of the molecule is Brc1sc2c(Br)sc(Br)c2c1Br. The lowest BCUT2D eigenvalue weighted by Gasteiger charge is -1.83. The molecule has 0 nitrogen and oxygen atoms in total. The van der Waals surface area contributed by atoms with Crippen molar-refractivity contribution < 1.29 is 0 Å². The summed E-state index contributed by atoms with van der Waals surface area (Å²) in [5.41, 5.74) is 0. The van der Waals surface area contributed by atoms with Gasteiger partial charge in [-0.15, -0.1) is 22.7 Å². The van der Waals surface area contributed by atoms with E-state index >= 15 is 0 Å². The van der Waals surface area contributed by atoms with Crippen molar-refractivity contribution in [2.75, 3.05) is 0 Å². The number of rotatable bonds is 0. The highest BCUT2D eigenvalue weighted by atomic mass is 79.9. The third-order valence-electron chi connectivity index (χ3n) is 1.37. The zero-order chi connectivity index (χ0) is 8.88. The molecule has 0 radical (unpaired) electrons. The van der Waals surface area contributed by atoms with Gasteiger partial charge in [0.15, 0.2) is 0 Å². The molecule has 0 aliphatic rings. The van der Waals surface area contributed by atoms with Crippen LogP contribution >= 0.6 is 86.4 Å². The van der Waals surface area contributed by atoms with E-state index in [0.717, 1.165) is 8.26 Å². The lowest BCUT2D eigenvalue weighted by Crippen LogP contribution is -1.55. The molecule has 0 amide bonds. The van der Waals surface area contributed by atoms with Gasteiger partial charge in [0.2, 0.25) is 0 Å². The van der Waals surface area contributed by atoms with Crippen molar-refractivity contribution in [1.29, 1.82) is 0 Å². The van der Waals surface area contributed by atoms with Gasteiger partial charge in [0.25, 0.3) is 0 Å². The van der Waals surface area contributed by atoms with Crippen LogP contribution in [-0.2, 0) is 0 Å². The van der Waals surface area contributed by atoms with Crippen LogP contribution < -0.4 is 0 Å². The minimum Gasteiger partial charge on any atom is -0.125 e. The highest BCUT2D eigenvalue weighted by Gasteiger charge is 2.15. The molecule has 12 heavy (non-hydrogen) atoms. The summed E-state index contributed by atoms with van der Waals surface area (Å²) in [6.45, 7) is 0. The Labute approximate surface area is 111 Å². The molecule has 0 aromatic carbocycles. The van der Waals surface area contributed by atoms with Crippen LogP contribution in [0.25, 0.3) is 10.1 Å². The monoisotopic (exact) mass is 452 g/mol. The minimum atomic E-state index is 1.14. The fourth-order valence-corrected chi connectivity index (χ4v) is 7.05. The van der Waals surface area contributed by atoms with E-state index in [-0.39, 0.29) is 0 Å². The Bertz CT molecular complexity index is 442. The van der Waals surface area contributed by atoms with Crippen molar-refractivity contribution >= 4 is 96.5 Å². The summed E-state index contributed by atoms with van der Waals surface area (Å²) >= 11 is 17.5. The van der Waals surface area contributed by atoms with Gasteiger partial charge in [-0.1, -0.05) is 0 Å². The number of fused-ring (bicyclic) bond motifs is 1. The molecule has 0 saturated heterocycles. The highest BCUT2D eigenvalue weighted by Crippen LogP contribution is 2.50. The molecule has 6 heteroatoms. The van der Waals surface area contributed by atoms with Gasteiger partial charge in [0.05, 0.1) is 20.5 Å². The number of halogens is 4. The Hall–Kier alpha value is 1.58. The third kappa shape index (κ3) is 1.48. The normalized spacial score (nSPS) is 11.3. The van der Waals surface area contributed by atoms with Crippen LogP contribution in [0.4, 0.5) is 0 Å². The van der Waals surface area contributed by atoms with Gasteiger partial charge in [-0.05, 0) is 63.7 Å². The predicted molar refractivity (Wildman–Crippen MR) is 70.5 cm³/mol. The van der Waals surface area contributed by atoms with Gasteiger partial charge in [0.1, 0.15) is 0 Å². The zero-order valence-electron chi connectivity index (χ0n) is 5.33. The van der Waals surface area contributed by atoms with E-state index in [9.17, 15) is 0 Å². The van der Waals surface area contributed by atoms with Crippen LogP contribution in [0, 0.1) is 0 Å². The van der Waals surface area contributed by atoms with Gasteiger partial charge >= 0.3 is 0 Å². The quantitative estimate of drug-likeness (QED) is 0.456. The predicted octanol–water partition coefficient (Wildman–Crippen LogP) is 6.01. The molecule has 2 rings (SSSR count). The summed E-state index contributed by atoms with van der Waals surface area (Å²) < 4.78 is 5.91. The van der Waals surface area contributed by atoms with Gasteiger partial charge in [-0.2, -0.15) is 0 Å². The van der Waals surface area contributed by atoms with E-state index in [0.29, 0.717) is 0 Å². The Morgan fingerprint density at radius 1 is 0.750 bits per heavy atom. The van der Waals surface area contributed by atoms with Gasteiger partial charge in [0, 0.05) is 5.39 Å². The largest absolute Gasteiger partial charge is 0.125 e. The van der Waals surface area contributed by atoms with E-state index in [1.807, 2.05) is 0 Å². The third-order valence-corrected chi connectivity index (χ3v) is 7.75. The van der Waals surface area contributed by atoms with Crippen molar-refractivity contribution in [3.05, 3.63) is 15.8 Å². The molecule has 0 N–H and O–H groups in total. The van der Waals surface area contributed by atoms with E-state index in [2.05, 4.69) is 63.7 Å². The second-order valence-corrected chi connectivity index (χ2v) is 8.83. The smallest absolute Gasteiger partial charge is 0.0889 e. The lowest BCUT2D eigenvalue weighted by atomic mass is 10.4. The fourth-order valence-electron chi connectivity index (χ4n) is 0.873. The summed E-state index contributed by atoms with van der Waals surface area (Å²) in [5, 5.41) is 1.25. The van der Waals surface area contributed by atoms with Crippen molar-refractivity contribution in [3.63, 3.8) is 0 Å². The Kier molecular flexibility index (Phi) is 3.05. The first-order valence-corrected chi connectivity index (χ1v) is 7.63. The van der Waals surface area contributed by atoms with Crippen LogP contribution in [0.2, 0.25) is 0 Å². The number of hydrogen-bond acceptors (Lipinski definition) is 2. The van der Waals surface area contributed by atoms with Crippen molar-refractivity contribution in [3.8, 4) is 0 Å². The molecular weight excluding hydrogens is 456 g/mol. The first-order chi connectivity index (χ1) is 5.61. The fraction of sp³-hybridized carbons (Fsp3) is 0. The maximum Gasteiger partial charge on any atom is 0.0889 e. The van der Waals surface area contributed by atoms with E-state index in [1.165, 1.54) is 17.7 Å². The molecule has 2 aromatic rings. The molecule has 0 atom stereocenters. The molecule has 2 aromatic heterocycles. The van der Waals surface area contributed by atoms with Crippen LogP contribution in [0.5, 0.6) is 0 Å². The van der Waals surface area contributed by atoms with E-state index < -0.39 is 0 Å². The Morgan fingerprint density at radius 3 is 2.00 bits per heavy atom. The molecule has 0 unspecified atom stereocenters. The zero-order valence-corrected chi connectivity index (χ0v) is 13.3. The number of hydrogen-bond donors (Lipinski definition) is 0. The molecule has 0 fully saturated rings. The first-order valence-electron chi connectivity index (χ1n) is 2.82. The maximum atomic E-state index is 3.53. The van der Waals surface area contributed by atoms with E-state index in [4.69, 9.17) is 0 Å². The summed E-state index contributed by atoms with van der Waals surface area (Å²) in [7, 11) is 0. The lowest BCUT2D eigenvalue weighted by molar-refractivity contribution is 1.93. The van der Waals surface area contributed by atoms with Crippen LogP contribution in [0.3, 0.4) is 0 Å². The molecule has 0 aliphatic carbocycles. The second-order valence-electron chi connectivity index (χ2n) is 2.04. The Balaban J connectivity index is 2.98. The second kappa shape index (κ2) is 3.62. The van der Waals surface area contributed by atoms with Gasteiger partial charge in [-0.25, -0.2) is 0 Å². The van der Waals surface area contributed by atoms with Crippen molar-refractivity contribution in [2.45, 2.75) is 0 Å². The standard InChI is InChI=1S/C6Br4S2/c7-2-1-3(11-5(2)9)6(10)12-4(1)8. The summed E-state index contributed by atoms with van der Waals surface area (Å²) in [6.07, 6.45) is 0. The van der Waals surface area contributed by atoms with Crippen molar-refractivity contribution in [1.82, 2.24) is 0 Å². The van der Waals surface area contributed by atoms with Gasteiger partial charge < -0.3 is 0 Å². The molecule has 2 heterocycles. The summed E-state index contributed by atoms with van der Waals surface area (Å²) in [4.78, 5) is 0. The average molecular weight is 456 g/mol. The van der Waals surface area contributed by atoms with Crippen molar-refractivity contribution in [2.24, 2.45) is 0 Å². The number of thiophene rings is 2. The van der Waals surface area contributed by atoms with Gasteiger partial charge in [-0.3, -0.25) is 0 Å². The summed E-state index contributed by atoms with van der Waals surface area (Å²) in [6, 6.07) is 0. The molecule has 0 bridgehead atoms. The molecule has 0 aliphatic heterocycles. The van der Waals surface area contributed by atoms with Crippen LogP contribution in [0.15, 0.2) is 15.8 Å². The summed E-state index contributed by atoms with van der Waals surface area (Å²) in [5.74, 6) is 0. The molecule has 0 saturated carbocycles. The van der Waals surface area contributed by atoms with Crippen LogP contribution in [0.1, 0.15) is 0 Å². The average Bonchev–Trinajstić information content (AvgIpc) is 2.41. The topological polar surface area (TPSA) is 0 Å². The van der Waals surface area contributed by atoms with E-state index in [1.54, 1.807) is 22.7 Å². The first kappa shape index (κ1) is 10.1. The molecule has 0 spiro atoms. The highest BCUT2D eigenvalue weighted by molar-refractivity contribution is 9.14.